The van der Waals surface area contributed by atoms with Crippen molar-refractivity contribution in [2.75, 3.05) is 0 Å². The van der Waals surface area contributed by atoms with Gasteiger partial charge >= 0.3 is 0 Å². The Bertz CT molecular complexity index is 454. The number of halogens is 1. The molecule has 0 bridgehead atoms. The largest absolute Gasteiger partial charge is 0.489 e. The van der Waals surface area contributed by atoms with Crippen molar-refractivity contribution in [2.45, 2.75) is 51.2 Å². The summed E-state index contributed by atoms with van der Waals surface area (Å²) in [6.45, 7) is 2.06. The van der Waals surface area contributed by atoms with Crippen molar-refractivity contribution >= 4 is 11.6 Å². The summed E-state index contributed by atoms with van der Waals surface area (Å²) in [6.07, 6.45) is 6.29. The van der Waals surface area contributed by atoms with Crippen LogP contribution in [0.25, 0.3) is 0 Å². The predicted molar refractivity (Wildman–Crippen MR) is 74.1 cm³/mol. The second-order valence-electron chi connectivity index (χ2n) is 5.80. The molecule has 0 aromatic heterocycles. The molecule has 2 aliphatic carbocycles. The van der Waals surface area contributed by atoms with E-state index in [0.717, 1.165) is 22.8 Å². The minimum absolute atomic E-state index is 0.245. The van der Waals surface area contributed by atoms with Gasteiger partial charge in [-0.25, -0.2) is 0 Å². The number of ether oxygens (including phenoxy) is 1. The lowest BCUT2D eigenvalue weighted by molar-refractivity contribution is -0.0623. The molecule has 2 saturated carbocycles. The Morgan fingerprint density at radius 3 is 2.72 bits per heavy atom. The molecule has 2 unspecified atom stereocenters. The summed E-state index contributed by atoms with van der Waals surface area (Å²) in [6, 6.07) is 6.16. The standard InChI is InChI=1S/C15H20ClNO/c1-10-4-5-11(16)8-12(10)18-14-9-13(17)15(14)6-2-3-7-15/h4-5,8,13-14H,2-3,6-7,9,17H2,1H3. The summed E-state index contributed by atoms with van der Waals surface area (Å²) in [7, 11) is 0. The maximum atomic E-state index is 6.22. The van der Waals surface area contributed by atoms with E-state index in [1.165, 1.54) is 25.7 Å². The molecule has 2 N–H and O–H groups in total. The third kappa shape index (κ3) is 1.83. The van der Waals surface area contributed by atoms with Crippen LogP contribution in [-0.4, -0.2) is 12.1 Å². The van der Waals surface area contributed by atoms with E-state index < -0.39 is 0 Å². The van der Waals surface area contributed by atoms with E-state index in [2.05, 4.69) is 6.92 Å². The molecule has 2 atom stereocenters. The molecule has 2 nitrogen and oxygen atoms in total. The second-order valence-corrected chi connectivity index (χ2v) is 6.24. The smallest absolute Gasteiger partial charge is 0.124 e. The Morgan fingerprint density at radius 1 is 1.33 bits per heavy atom. The molecule has 0 amide bonds. The molecule has 18 heavy (non-hydrogen) atoms. The van der Waals surface area contributed by atoms with Gasteiger partial charge < -0.3 is 10.5 Å². The summed E-state index contributed by atoms with van der Waals surface area (Å²) < 4.78 is 6.21. The minimum Gasteiger partial charge on any atom is -0.489 e. The van der Waals surface area contributed by atoms with Gasteiger partial charge in [-0.3, -0.25) is 0 Å². The molecule has 2 fully saturated rings. The van der Waals surface area contributed by atoms with Gasteiger partial charge in [0.15, 0.2) is 0 Å². The average Bonchev–Trinajstić information content (AvgIpc) is 2.85. The number of hydrogen-bond acceptors (Lipinski definition) is 2. The minimum atomic E-state index is 0.245. The van der Waals surface area contributed by atoms with Crippen LogP contribution in [-0.2, 0) is 0 Å². The Morgan fingerprint density at radius 2 is 2.06 bits per heavy atom. The lowest BCUT2D eigenvalue weighted by Gasteiger charge is -2.52. The van der Waals surface area contributed by atoms with E-state index in [0.29, 0.717) is 6.04 Å². The van der Waals surface area contributed by atoms with Crippen LogP contribution in [0.2, 0.25) is 5.02 Å². The molecule has 3 rings (SSSR count). The highest BCUT2D eigenvalue weighted by atomic mass is 35.5. The Hall–Kier alpha value is -0.730. The lowest BCUT2D eigenvalue weighted by atomic mass is 9.61. The highest BCUT2D eigenvalue weighted by molar-refractivity contribution is 6.30. The summed E-state index contributed by atoms with van der Waals surface area (Å²) in [5.41, 5.74) is 7.62. The van der Waals surface area contributed by atoms with Crippen LogP contribution >= 0.6 is 11.6 Å². The molecular formula is C15H20ClNO. The van der Waals surface area contributed by atoms with Crippen LogP contribution in [0.3, 0.4) is 0 Å². The van der Waals surface area contributed by atoms with E-state index >= 15 is 0 Å². The van der Waals surface area contributed by atoms with Crippen LogP contribution in [0.4, 0.5) is 0 Å². The fraction of sp³-hybridized carbons (Fsp3) is 0.600. The molecule has 98 valence electrons. The van der Waals surface area contributed by atoms with Gasteiger partial charge in [0.1, 0.15) is 11.9 Å². The van der Waals surface area contributed by atoms with E-state index in [-0.39, 0.29) is 11.5 Å². The van der Waals surface area contributed by atoms with Gasteiger partial charge in [0.25, 0.3) is 0 Å². The quantitative estimate of drug-likeness (QED) is 0.885. The third-order valence-electron chi connectivity index (χ3n) is 4.80. The van der Waals surface area contributed by atoms with Crippen LogP contribution in [0.15, 0.2) is 18.2 Å². The topological polar surface area (TPSA) is 35.2 Å². The number of hydrogen-bond donors (Lipinski definition) is 1. The molecule has 3 heteroatoms. The average molecular weight is 266 g/mol. The fourth-order valence-electron chi connectivity index (χ4n) is 3.52. The van der Waals surface area contributed by atoms with Crippen molar-refractivity contribution < 1.29 is 4.74 Å². The number of aryl methyl sites for hydroxylation is 1. The van der Waals surface area contributed by atoms with Gasteiger partial charge in [-0.2, -0.15) is 0 Å². The normalized spacial score (nSPS) is 29.3. The maximum Gasteiger partial charge on any atom is 0.124 e. The van der Waals surface area contributed by atoms with Gasteiger partial charge in [-0.15, -0.1) is 0 Å². The third-order valence-corrected chi connectivity index (χ3v) is 5.04. The number of rotatable bonds is 2. The van der Waals surface area contributed by atoms with Crippen LogP contribution in [0.1, 0.15) is 37.7 Å². The van der Waals surface area contributed by atoms with E-state index in [1.807, 2.05) is 18.2 Å². The molecule has 1 aromatic rings. The van der Waals surface area contributed by atoms with Gasteiger partial charge in [-0.05, 0) is 37.5 Å². The fourth-order valence-corrected chi connectivity index (χ4v) is 3.69. The van der Waals surface area contributed by atoms with Crippen LogP contribution in [0, 0.1) is 12.3 Å². The SMILES string of the molecule is Cc1ccc(Cl)cc1OC1CC(N)C12CCCC2. The molecule has 0 aliphatic heterocycles. The lowest BCUT2D eigenvalue weighted by Crippen LogP contribution is -2.62. The summed E-state index contributed by atoms with van der Waals surface area (Å²) in [5.74, 6) is 0.922. The van der Waals surface area contributed by atoms with Crippen molar-refractivity contribution in [1.82, 2.24) is 0 Å². The van der Waals surface area contributed by atoms with E-state index in [9.17, 15) is 0 Å². The highest BCUT2D eigenvalue weighted by Gasteiger charge is 2.56. The monoisotopic (exact) mass is 265 g/mol. The molecule has 0 radical (unpaired) electrons. The molecule has 0 saturated heterocycles. The van der Waals surface area contributed by atoms with Gasteiger partial charge in [0.05, 0.1) is 0 Å². The van der Waals surface area contributed by atoms with Crippen molar-refractivity contribution in [2.24, 2.45) is 11.1 Å². The van der Waals surface area contributed by atoms with Crippen molar-refractivity contribution in [1.29, 1.82) is 0 Å². The first kappa shape index (κ1) is 12.3. The Labute approximate surface area is 113 Å². The first-order valence-electron chi connectivity index (χ1n) is 6.80. The summed E-state index contributed by atoms with van der Waals surface area (Å²) in [4.78, 5) is 0. The van der Waals surface area contributed by atoms with Gasteiger partial charge in [-0.1, -0.05) is 30.5 Å². The van der Waals surface area contributed by atoms with Crippen molar-refractivity contribution in [3.05, 3.63) is 28.8 Å². The zero-order valence-corrected chi connectivity index (χ0v) is 11.5. The molecule has 0 heterocycles. The zero-order chi connectivity index (χ0) is 12.8. The molecule has 1 aromatic carbocycles. The summed E-state index contributed by atoms with van der Waals surface area (Å²) >= 11 is 6.04. The summed E-state index contributed by atoms with van der Waals surface area (Å²) in [5, 5.41) is 0.736. The Kier molecular flexibility index (Phi) is 3.03. The first-order valence-corrected chi connectivity index (χ1v) is 7.18. The Balaban J connectivity index is 1.79. The maximum absolute atomic E-state index is 6.22. The molecular weight excluding hydrogens is 246 g/mol. The number of nitrogens with two attached hydrogens (primary N) is 1. The van der Waals surface area contributed by atoms with Crippen molar-refractivity contribution in [3.63, 3.8) is 0 Å². The van der Waals surface area contributed by atoms with E-state index in [4.69, 9.17) is 22.1 Å². The predicted octanol–water partition coefficient (Wildman–Crippen LogP) is 3.69. The first-order chi connectivity index (χ1) is 8.62. The molecule has 1 spiro atoms. The van der Waals surface area contributed by atoms with Crippen molar-refractivity contribution in [3.8, 4) is 5.75 Å². The second kappa shape index (κ2) is 4.43. The number of benzene rings is 1. The van der Waals surface area contributed by atoms with Crippen LogP contribution < -0.4 is 10.5 Å². The van der Waals surface area contributed by atoms with Gasteiger partial charge in [0.2, 0.25) is 0 Å². The molecule has 2 aliphatic rings. The van der Waals surface area contributed by atoms with Crippen LogP contribution in [0.5, 0.6) is 5.75 Å². The highest BCUT2D eigenvalue weighted by Crippen LogP contribution is 2.54. The van der Waals surface area contributed by atoms with E-state index in [1.54, 1.807) is 0 Å². The zero-order valence-electron chi connectivity index (χ0n) is 10.8. The van der Waals surface area contributed by atoms with Gasteiger partial charge in [0, 0.05) is 22.9 Å².